The monoisotopic (exact) mass is 516 g/mol. The number of piperidine rings is 1. The minimum absolute atomic E-state index is 0.127. The first-order valence-electron chi connectivity index (χ1n) is 12.5. The van der Waals surface area contributed by atoms with Crippen LogP contribution < -0.4 is 19.5 Å². The molecule has 1 amide bonds. The largest absolute Gasteiger partial charge is 0.497 e. The minimum atomic E-state index is -3.57. The molecule has 8 nitrogen and oxygen atoms in total. The Morgan fingerprint density at radius 1 is 1.08 bits per heavy atom. The highest BCUT2D eigenvalue weighted by Gasteiger charge is 2.35. The summed E-state index contributed by atoms with van der Waals surface area (Å²) in [5.41, 5.74) is 1.15. The third kappa shape index (κ3) is 5.78. The average Bonchev–Trinajstić information content (AvgIpc) is 2.87. The van der Waals surface area contributed by atoms with Crippen molar-refractivity contribution in [3.8, 4) is 17.2 Å². The maximum absolute atomic E-state index is 13.2. The molecule has 196 valence electrons. The summed E-state index contributed by atoms with van der Waals surface area (Å²) < 4.78 is 44.8. The van der Waals surface area contributed by atoms with Crippen LogP contribution in [-0.2, 0) is 21.2 Å². The second-order valence-electron chi connectivity index (χ2n) is 10.0. The summed E-state index contributed by atoms with van der Waals surface area (Å²) in [6, 6.07) is 10.3. The summed E-state index contributed by atoms with van der Waals surface area (Å²) in [7, 11) is -0.418. The Kier molecular flexibility index (Phi) is 7.80. The minimum Gasteiger partial charge on any atom is -0.497 e. The van der Waals surface area contributed by atoms with Gasteiger partial charge in [0.2, 0.25) is 15.9 Å². The number of benzene rings is 2. The molecule has 9 heteroatoms. The fourth-order valence-corrected chi connectivity index (χ4v) is 6.54. The summed E-state index contributed by atoms with van der Waals surface area (Å²) in [4.78, 5) is 13.3. The smallest absolute Gasteiger partial charge is 0.243 e. The number of carbonyl (C=O) groups is 1. The van der Waals surface area contributed by atoms with E-state index in [1.54, 1.807) is 36.7 Å². The van der Waals surface area contributed by atoms with E-state index in [-0.39, 0.29) is 23.3 Å². The Bertz CT molecular complexity index is 1200. The summed E-state index contributed by atoms with van der Waals surface area (Å²) >= 11 is 0. The molecule has 0 spiro atoms. The van der Waals surface area contributed by atoms with Crippen molar-refractivity contribution in [2.24, 2.45) is 0 Å². The van der Waals surface area contributed by atoms with Crippen molar-refractivity contribution >= 4 is 15.9 Å². The number of amides is 1. The number of rotatable bonds is 8. The van der Waals surface area contributed by atoms with E-state index in [9.17, 15) is 13.2 Å². The molecular formula is C27H36N2O6S. The van der Waals surface area contributed by atoms with Gasteiger partial charge in [0.05, 0.1) is 25.2 Å². The van der Waals surface area contributed by atoms with Crippen molar-refractivity contribution < 1.29 is 27.4 Å². The van der Waals surface area contributed by atoms with Crippen molar-refractivity contribution in [2.75, 3.05) is 27.3 Å². The molecule has 1 atom stereocenters. The molecule has 1 fully saturated rings. The number of fused-ring (bicyclic) bond motifs is 1. The van der Waals surface area contributed by atoms with Gasteiger partial charge in [-0.15, -0.1) is 0 Å². The lowest BCUT2D eigenvalue weighted by Crippen LogP contribution is -2.41. The van der Waals surface area contributed by atoms with E-state index < -0.39 is 15.6 Å². The van der Waals surface area contributed by atoms with Crippen LogP contribution in [0.25, 0.3) is 0 Å². The van der Waals surface area contributed by atoms with E-state index in [1.165, 1.54) is 0 Å². The summed E-state index contributed by atoms with van der Waals surface area (Å²) in [5, 5.41) is 3.14. The van der Waals surface area contributed by atoms with Gasteiger partial charge in [-0.1, -0.05) is 6.42 Å². The second kappa shape index (κ2) is 10.7. The molecular weight excluding hydrogens is 480 g/mol. The van der Waals surface area contributed by atoms with Crippen LogP contribution in [0.4, 0.5) is 0 Å². The van der Waals surface area contributed by atoms with Gasteiger partial charge in [0.15, 0.2) is 0 Å². The number of aryl methyl sites for hydroxylation is 1. The Balaban J connectivity index is 1.49. The lowest BCUT2D eigenvalue weighted by molar-refractivity contribution is -0.122. The Morgan fingerprint density at radius 3 is 2.53 bits per heavy atom. The van der Waals surface area contributed by atoms with Crippen LogP contribution in [0, 0.1) is 0 Å². The fourth-order valence-electron chi connectivity index (χ4n) is 4.97. The van der Waals surface area contributed by atoms with Crippen molar-refractivity contribution in [1.82, 2.24) is 9.62 Å². The topological polar surface area (TPSA) is 94.2 Å². The zero-order valence-electron chi connectivity index (χ0n) is 21.5. The number of ether oxygens (including phenoxy) is 3. The number of sulfonamides is 1. The number of methoxy groups -OCH3 is 2. The summed E-state index contributed by atoms with van der Waals surface area (Å²) in [6.45, 7) is 5.08. The third-order valence-corrected chi connectivity index (χ3v) is 8.73. The average molecular weight is 517 g/mol. The van der Waals surface area contributed by atoms with E-state index in [2.05, 4.69) is 5.32 Å². The normalized spacial score (nSPS) is 19.6. The van der Waals surface area contributed by atoms with E-state index in [1.807, 2.05) is 32.0 Å². The van der Waals surface area contributed by atoms with Gasteiger partial charge < -0.3 is 19.5 Å². The highest BCUT2D eigenvalue weighted by Crippen LogP contribution is 2.41. The van der Waals surface area contributed by atoms with Gasteiger partial charge in [-0.05, 0) is 75.1 Å². The van der Waals surface area contributed by atoms with Gasteiger partial charge in [-0.3, -0.25) is 4.79 Å². The number of carbonyl (C=O) groups excluding carboxylic acids is 1. The van der Waals surface area contributed by atoms with Gasteiger partial charge in [-0.25, -0.2) is 8.42 Å². The van der Waals surface area contributed by atoms with Gasteiger partial charge in [0.1, 0.15) is 22.8 Å². The van der Waals surface area contributed by atoms with E-state index in [0.29, 0.717) is 43.0 Å². The van der Waals surface area contributed by atoms with Crippen LogP contribution in [0.5, 0.6) is 17.2 Å². The summed E-state index contributed by atoms with van der Waals surface area (Å²) in [5.74, 6) is 1.88. The van der Waals surface area contributed by atoms with Crippen LogP contribution >= 0.6 is 0 Å². The Morgan fingerprint density at radius 2 is 1.83 bits per heavy atom. The number of hydrogen-bond acceptors (Lipinski definition) is 6. The molecule has 4 rings (SSSR count). The highest BCUT2D eigenvalue weighted by atomic mass is 32.2. The van der Waals surface area contributed by atoms with E-state index in [0.717, 1.165) is 30.6 Å². The van der Waals surface area contributed by atoms with Crippen LogP contribution in [0.1, 0.15) is 63.1 Å². The van der Waals surface area contributed by atoms with Gasteiger partial charge >= 0.3 is 0 Å². The highest BCUT2D eigenvalue weighted by molar-refractivity contribution is 7.89. The first kappa shape index (κ1) is 26.3. The predicted molar refractivity (Wildman–Crippen MR) is 137 cm³/mol. The lowest BCUT2D eigenvalue weighted by Gasteiger charge is -2.38. The van der Waals surface area contributed by atoms with Crippen LogP contribution in [-0.4, -0.2) is 51.5 Å². The number of hydrogen-bond donors (Lipinski definition) is 1. The van der Waals surface area contributed by atoms with Gasteiger partial charge in [0.25, 0.3) is 0 Å². The maximum atomic E-state index is 13.2. The maximum Gasteiger partial charge on any atom is 0.243 e. The second-order valence-corrected chi connectivity index (χ2v) is 12.0. The van der Waals surface area contributed by atoms with Crippen molar-refractivity contribution in [3.63, 3.8) is 0 Å². The van der Waals surface area contributed by atoms with E-state index >= 15 is 0 Å². The molecule has 1 N–H and O–H groups in total. The molecule has 1 saturated heterocycles. The molecule has 0 aromatic heterocycles. The molecule has 2 aromatic carbocycles. The Labute approximate surface area is 214 Å². The number of nitrogens with one attached hydrogen (secondary N) is 1. The van der Waals surface area contributed by atoms with Crippen molar-refractivity contribution in [1.29, 1.82) is 0 Å². The lowest BCUT2D eigenvalue weighted by atomic mass is 9.89. The van der Waals surface area contributed by atoms with Crippen LogP contribution in [0.2, 0.25) is 0 Å². The molecule has 2 aliphatic heterocycles. The zero-order valence-corrected chi connectivity index (χ0v) is 22.3. The molecule has 0 saturated carbocycles. The Hall–Kier alpha value is -2.78. The van der Waals surface area contributed by atoms with Crippen LogP contribution in [0.15, 0.2) is 41.3 Å². The molecule has 0 radical (unpaired) electrons. The van der Waals surface area contributed by atoms with E-state index in [4.69, 9.17) is 14.2 Å². The fraction of sp³-hybridized carbons (Fsp3) is 0.519. The zero-order chi connectivity index (χ0) is 25.9. The van der Waals surface area contributed by atoms with Crippen molar-refractivity contribution in [3.05, 3.63) is 47.5 Å². The summed E-state index contributed by atoms with van der Waals surface area (Å²) in [6.07, 6.45) is 3.97. The molecule has 0 bridgehead atoms. The first-order chi connectivity index (χ1) is 17.1. The quantitative estimate of drug-likeness (QED) is 0.564. The molecule has 2 aliphatic rings. The van der Waals surface area contributed by atoms with Crippen molar-refractivity contribution in [2.45, 2.75) is 68.9 Å². The molecule has 2 heterocycles. The molecule has 2 aromatic rings. The molecule has 0 unspecified atom stereocenters. The first-order valence-corrected chi connectivity index (χ1v) is 13.9. The third-order valence-electron chi connectivity index (χ3n) is 6.84. The van der Waals surface area contributed by atoms with Gasteiger partial charge in [0, 0.05) is 31.5 Å². The predicted octanol–water partition coefficient (Wildman–Crippen LogP) is 4.23. The molecule has 36 heavy (non-hydrogen) atoms. The van der Waals surface area contributed by atoms with Crippen LogP contribution in [0.3, 0.4) is 0 Å². The standard InChI is InChI=1S/C27H36N2O6S/c1-27(2)18-23(22-17-20(33-3)9-11-25(22)35-27)28-26(30)13-8-19-16-21(10-12-24(19)34-4)36(31,32)29-14-6-5-7-15-29/h9-12,16-17,23H,5-8,13-15,18H2,1-4H3,(H,28,30)/t23-/m1/s1. The SMILES string of the molecule is COc1ccc2c(c1)[C@H](NC(=O)CCc1cc(S(=O)(=O)N3CCCCC3)ccc1OC)CC(C)(C)O2. The number of nitrogens with zero attached hydrogens (tertiary/aromatic N) is 1. The molecule has 0 aliphatic carbocycles. The van der Waals surface area contributed by atoms with Gasteiger partial charge in [-0.2, -0.15) is 4.31 Å².